The average Bonchev–Trinajstić information content (AvgIpc) is 2.88. The first-order valence-corrected chi connectivity index (χ1v) is 8.32. The normalized spacial score (nSPS) is 11.1. The van der Waals surface area contributed by atoms with E-state index in [9.17, 15) is 0 Å². The molecule has 0 saturated heterocycles. The molecule has 1 aromatic heterocycles. The molecule has 0 aliphatic heterocycles. The Morgan fingerprint density at radius 1 is 1.30 bits per heavy atom. The highest BCUT2D eigenvalue weighted by Crippen LogP contribution is 2.24. The van der Waals surface area contributed by atoms with Crippen LogP contribution in [0.1, 0.15) is 38.4 Å². The summed E-state index contributed by atoms with van der Waals surface area (Å²) in [5.74, 6) is 0. The Balaban J connectivity index is 2.00. The summed E-state index contributed by atoms with van der Waals surface area (Å²) in [6.45, 7) is 5.08. The molecule has 0 radical (unpaired) electrons. The van der Waals surface area contributed by atoms with Gasteiger partial charge in [-0.2, -0.15) is 5.10 Å². The van der Waals surface area contributed by atoms with Crippen LogP contribution < -0.4 is 5.32 Å². The summed E-state index contributed by atoms with van der Waals surface area (Å²) < 4.78 is 3.20. The van der Waals surface area contributed by atoms with Gasteiger partial charge in [-0.05, 0) is 59.7 Å². The molecule has 2 rings (SSSR count). The molecule has 20 heavy (non-hydrogen) atoms. The lowest BCUT2D eigenvalue weighted by Crippen LogP contribution is -2.09. The van der Waals surface area contributed by atoms with Crippen molar-refractivity contribution in [1.82, 2.24) is 9.78 Å². The Kier molecular flexibility index (Phi) is 5.72. The van der Waals surface area contributed by atoms with E-state index in [2.05, 4.69) is 63.8 Å². The zero-order valence-corrected chi connectivity index (χ0v) is 14.6. The van der Waals surface area contributed by atoms with Gasteiger partial charge in [0, 0.05) is 9.77 Å². The first kappa shape index (κ1) is 15.6. The summed E-state index contributed by atoms with van der Waals surface area (Å²) in [4.78, 5) is 0. The van der Waals surface area contributed by atoms with Gasteiger partial charge < -0.3 is 5.32 Å². The molecule has 5 heteroatoms. The van der Waals surface area contributed by atoms with E-state index in [-0.39, 0.29) is 0 Å². The molecular weight excluding hydrogens is 385 g/mol. The van der Waals surface area contributed by atoms with Crippen molar-refractivity contribution in [2.45, 2.75) is 39.3 Å². The highest BCUT2D eigenvalue weighted by Gasteiger charge is 2.08. The summed E-state index contributed by atoms with van der Waals surface area (Å²) in [6.07, 6.45) is 4.27. The number of benzene rings is 1. The molecular formula is C15H19ClIN3. The average molecular weight is 404 g/mol. The number of nitrogens with one attached hydrogen (secondary N) is 1. The number of aromatic nitrogens is 2. The minimum Gasteiger partial charge on any atom is -0.378 e. The van der Waals surface area contributed by atoms with Gasteiger partial charge in [-0.15, -0.1) is 0 Å². The summed E-state index contributed by atoms with van der Waals surface area (Å²) >= 11 is 8.46. The molecule has 0 aliphatic rings. The maximum atomic E-state index is 6.20. The van der Waals surface area contributed by atoms with E-state index >= 15 is 0 Å². The van der Waals surface area contributed by atoms with Crippen molar-refractivity contribution in [3.05, 3.63) is 44.7 Å². The van der Waals surface area contributed by atoms with Crippen molar-refractivity contribution in [1.29, 1.82) is 0 Å². The van der Waals surface area contributed by atoms with E-state index in [0.29, 0.717) is 12.6 Å². The van der Waals surface area contributed by atoms with E-state index in [1.807, 2.05) is 18.2 Å². The van der Waals surface area contributed by atoms with Crippen LogP contribution in [0.3, 0.4) is 0 Å². The van der Waals surface area contributed by atoms with Gasteiger partial charge in [0.1, 0.15) is 0 Å². The number of hydrogen-bond acceptors (Lipinski definition) is 2. The first-order valence-electron chi connectivity index (χ1n) is 6.87. The number of anilines is 1. The third-order valence-corrected chi connectivity index (χ3v) is 4.35. The molecule has 0 fully saturated rings. The van der Waals surface area contributed by atoms with E-state index in [1.54, 1.807) is 0 Å². The minimum absolute atomic E-state index is 0.491. The zero-order chi connectivity index (χ0) is 14.5. The summed E-state index contributed by atoms with van der Waals surface area (Å²) in [6, 6.07) is 8.55. The molecule has 2 aromatic rings. The number of rotatable bonds is 6. The molecule has 0 spiro atoms. The molecule has 1 N–H and O–H groups in total. The lowest BCUT2D eigenvalue weighted by molar-refractivity contribution is 0.426. The van der Waals surface area contributed by atoms with Gasteiger partial charge >= 0.3 is 0 Å². The van der Waals surface area contributed by atoms with Crippen LogP contribution in [-0.4, -0.2) is 9.78 Å². The fourth-order valence-corrected chi connectivity index (χ4v) is 3.08. The molecule has 1 aromatic carbocycles. The van der Waals surface area contributed by atoms with E-state index in [4.69, 9.17) is 11.6 Å². The summed E-state index contributed by atoms with van der Waals surface area (Å²) in [5.41, 5.74) is 1.98. The van der Waals surface area contributed by atoms with Crippen molar-refractivity contribution in [2.75, 3.05) is 5.32 Å². The van der Waals surface area contributed by atoms with Gasteiger partial charge in [0.2, 0.25) is 0 Å². The van der Waals surface area contributed by atoms with E-state index < -0.39 is 0 Å². The standard InChI is InChI=1S/C15H19ClIN3/c1-3-13(4-2)20-8-7-12(19-20)10-18-15-6-5-11(17)9-14(15)16/h5-9,13,18H,3-4,10H2,1-2H3. The first-order chi connectivity index (χ1) is 9.63. The molecule has 3 nitrogen and oxygen atoms in total. The summed E-state index contributed by atoms with van der Waals surface area (Å²) in [7, 11) is 0. The number of halogens is 2. The van der Waals surface area contributed by atoms with Gasteiger partial charge in [0.25, 0.3) is 0 Å². The molecule has 0 aliphatic carbocycles. The van der Waals surface area contributed by atoms with Crippen LogP contribution >= 0.6 is 34.2 Å². The van der Waals surface area contributed by atoms with Crippen LogP contribution in [0.2, 0.25) is 5.02 Å². The second kappa shape index (κ2) is 7.31. The molecule has 0 unspecified atom stereocenters. The SMILES string of the molecule is CCC(CC)n1ccc(CNc2ccc(I)cc2Cl)n1. The van der Waals surface area contributed by atoms with Gasteiger partial charge in [0.15, 0.2) is 0 Å². The van der Waals surface area contributed by atoms with Gasteiger partial charge in [-0.1, -0.05) is 25.4 Å². The second-order valence-electron chi connectivity index (χ2n) is 4.74. The number of hydrogen-bond donors (Lipinski definition) is 1. The van der Waals surface area contributed by atoms with Crippen LogP contribution in [0.5, 0.6) is 0 Å². The monoisotopic (exact) mass is 403 g/mol. The maximum absolute atomic E-state index is 6.20. The zero-order valence-electron chi connectivity index (χ0n) is 11.7. The Labute approximate surface area is 138 Å². The molecule has 0 atom stereocenters. The van der Waals surface area contributed by atoms with Gasteiger partial charge in [-0.3, -0.25) is 4.68 Å². The lowest BCUT2D eigenvalue weighted by Gasteiger charge is -2.12. The van der Waals surface area contributed by atoms with E-state index in [1.165, 1.54) is 0 Å². The van der Waals surface area contributed by atoms with E-state index in [0.717, 1.165) is 32.8 Å². The highest BCUT2D eigenvalue weighted by molar-refractivity contribution is 14.1. The van der Waals surface area contributed by atoms with Crippen molar-refractivity contribution < 1.29 is 0 Å². The molecule has 0 saturated carbocycles. The Bertz CT molecular complexity index is 564. The quantitative estimate of drug-likeness (QED) is 0.679. The van der Waals surface area contributed by atoms with Crippen LogP contribution in [0.4, 0.5) is 5.69 Å². The van der Waals surface area contributed by atoms with Crippen LogP contribution in [0.15, 0.2) is 30.5 Å². The van der Waals surface area contributed by atoms with Crippen LogP contribution in [0.25, 0.3) is 0 Å². The predicted octanol–water partition coefficient (Wildman–Crippen LogP) is 5.11. The van der Waals surface area contributed by atoms with Crippen molar-refractivity contribution in [3.8, 4) is 0 Å². The largest absolute Gasteiger partial charge is 0.378 e. The van der Waals surface area contributed by atoms with Crippen LogP contribution in [-0.2, 0) is 6.54 Å². The predicted molar refractivity (Wildman–Crippen MR) is 93.3 cm³/mol. The maximum Gasteiger partial charge on any atom is 0.0815 e. The summed E-state index contributed by atoms with van der Waals surface area (Å²) in [5, 5.41) is 8.70. The molecule has 1 heterocycles. The van der Waals surface area contributed by atoms with Crippen molar-refractivity contribution in [3.63, 3.8) is 0 Å². The molecule has 108 valence electrons. The van der Waals surface area contributed by atoms with Crippen LogP contribution in [0, 0.1) is 3.57 Å². The third kappa shape index (κ3) is 3.88. The lowest BCUT2D eigenvalue weighted by atomic mass is 10.2. The van der Waals surface area contributed by atoms with Crippen molar-refractivity contribution >= 4 is 39.9 Å². The smallest absolute Gasteiger partial charge is 0.0815 e. The minimum atomic E-state index is 0.491. The second-order valence-corrected chi connectivity index (χ2v) is 6.39. The third-order valence-electron chi connectivity index (χ3n) is 3.37. The van der Waals surface area contributed by atoms with Gasteiger partial charge in [0.05, 0.1) is 29.0 Å². The molecule has 0 amide bonds. The van der Waals surface area contributed by atoms with Crippen molar-refractivity contribution in [2.24, 2.45) is 0 Å². The highest BCUT2D eigenvalue weighted by atomic mass is 127. The Morgan fingerprint density at radius 2 is 2.05 bits per heavy atom. The molecule has 0 bridgehead atoms. The Hall–Kier alpha value is -0.750. The number of nitrogens with zero attached hydrogens (tertiary/aromatic N) is 2. The van der Waals surface area contributed by atoms with Gasteiger partial charge in [-0.25, -0.2) is 0 Å². The fraction of sp³-hybridized carbons (Fsp3) is 0.400. The fourth-order valence-electron chi connectivity index (χ4n) is 2.16. The Morgan fingerprint density at radius 3 is 2.70 bits per heavy atom. The topological polar surface area (TPSA) is 29.9 Å².